The number of hydrogen-bond acceptors (Lipinski definition) is 5. The number of fused-ring (bicyclic) bond motifs is 1. The second-order valence-corrected chi connectivity index (χ2v) is 4.82. The van der Waals surface area contributed by atoms with Gasteiger partial charge in [-0.2, -0.15) is 0 Å². The highest BCUT2D eigenvalue weighted by atomic mass is 15.3. The monoisotopic (exact) mass is 197 g/mol. The molecule has 3 atom stereocenters. The van der Waals surface area contributed by atoms with Crippen molar-refractivity contribution < 1.29 is 0 Å². The zero-order valence-electron chi connectivity index (χ0n) is 8.99. The maximum absolute atomic E-state index is 5.96. The number of nitrogens with one attached hydrogen (secondary N) is 1. The summed E-state index contributed by atoms with van der Waals surface area (Å²) in [4.78, 5) is 6.47. The van der Waals surface area contributed by atoms with Crippen LogP contribution in [-0.4, -0.2) is 42.2 Å². The van der Waals surface area contributed by atoms with Gasteiger partial charge < -0.3 is 16.8 Å². The first-order valence-electron chi connectivity index (χ1n) is 4.99. The highest BCUT2D eigenvalue weighted by Crippen LogP contribution is 2.34. The molecule has 80 valence electrons. The predicted octanol–water partition coefficient (Wildman–Crippen LogP) is -1.10. The molecule has 1 saturated heterocycles. The van der Waals surface area contributed by atoms with Crippen molar-refractivity contribution in [3.05, 3.63) is 0 Å². The van der Waals surface area contributed by atoms with Gasteiger partial charge in [-0.1, -0.05) is 0 Å². The first-order valence-corrected chi connectivity index (χ1v) is 4.99. The van der Waals surface area contributed by atoms with Gasteiger partial charge >= 0.3 is 0 Å². The van der Waals surface area contributed by atoms with Crippen molar-refractivity contribution in [3.63, 3.8) is 0 Å². The van der Waals surface area contributed by atoms with Gasteiger partial charge in [0.2, 0.25) is 0 Å². The number of rotatable bonds is 0. The van der Waals surface area contributed by atoms with E-state index in [9.17, 15) is 0 Å². The van der Waals surface area contributed by atoms with Crippen molar-refractivity contribution in [1.82, 2.24) is 10.2 Å². The average Bonchev–Trinajstić information content (AvgIpc) is 2.28. The third kappa shape index (κ3) is 1.19. The van der Waals surface area contributed by atoms with Crippen molar-refractivity contribution in [2.75, 3.05) is 13.6 Å². The molecule has 0 bridgehead atoms. The minimum atomic E-state index is -0.162. The van der Waals surface area contributed by atoms with E-state index in [4.69, 9.17) is 11.5 Å². The Hall–Kier alpha value is -0.810. The van der Waals surface area contributed by atoms with Gasteiger partial charge in [-0.05, 0) is 20.9 Å². The van der Waals surface area contributed by atoms with E-state index in [2.05, 4.69) is 36.1 Å². The summed E-state index contributed by atoms with van der Waals surface area (Å²) in [6.07, 6.45) is -0.162. The van der Waals surface area contributed by atoms with Gasteiger partial charge in [-0.3, -0.25) is 4.90 Å². The largest absolute Gasteiger partial charge is 0.370 e. The minimum Gasteiger partial charge on any atom is -0.370 e. The van der Waals surface area contributed by atoms with Gasteiger partial charge in [0.1, 0.15) is 6.17 Å². The van der Waals surface area contributed by atoms with Crippen LogP contribution in [0.5, 0.6) is 0 Å². The molecule has 2 heterocycles. The van der Waals surface area contributed by atoms with Crippen molar-refractivity contribution in [2.24, 2.45) is 22.4 Å². The van der Waals surface area contributed by atoms with Crippen LogP contribution >= 0.6 is 0 Å². The Bertz CT molecular complexity index is 272. The molecular weight excluding hydrogens is 178 g/mol. The standard InChI is InChI=1S/C9H19N5/c1-9(2)6-5(4-14(9)3)7(10)13-8(11)12-6/h5-7H,4,10H2,1-3H3,(H3,11,12,13)/t5-,6-,7-/m1/s1. The van der Waals surface area contributed by atoms with E-state index in [1.807, 2.05) is 0 Å². The maximum Gasteiger partial charge on any atom is 0.190 e. The topological polar surface area (TPSA) is 79.7 Å². The van der Waals surface area contributed by atoms with Crippen LogP contribution in [0.25, 0.3) is 0 Å². The van der Waals surface area contributed by atoms with Crippen LogP contribution < -0.4 is 16.8 Å². The lowest BCUT2D eigenvalue weighted by Crippen LogP contribution is -2.60. The number of likely N-dealkylation sites (N-methyl/N-ethyl adjacent to an activating group) is 1. The van der Waals surface area contributed by atoms with Crippen LogP contribution in [0.4, 0.5) is 0 Å². The number of nitrogens with two attached hydrogens (primary N) is 2. The molecule has 2 rings (SSSR count). The lowest BCUT2D eigenvalue weighted by Gasteiger charge is -2.37. The lowest BCUT2D eigenvalue weighted by molar-refractivity contribution is 0.193. The van der Waals surface area contributed by atoms with Crippen molar-refractivity contribution in [2.45, 2.75) is 31.6 Å². The first kappa shape index (κ1) is 9.73. The number of likely N-dealkylation sites (tertiary alicyclic amines) is 1. The molecule has 5 nitrogen and oxygen atoms in total. The number of nitrogens with zero attached hydrogens (tertiary/aromatic N) is 2. The summed E-state index contributed by atoms with van der Waals surface area (Å²) >= 11 is 0. The number of hydrogen-bond donors (Lipinski definition) is 3. The fourth-order valence-corrected chi connectivity index (χ4v) is 2.46. The molecule has 2 aliphatic heterocycles. The van der Waals surface area contributed by atoms with E-state index < -0.39 is 0 Å². The zero-order chi connectivity index (χ0) is 10.5. The molecule has 5 N–H and O–H groups in total. The van der Waals surface area contributed by atoms with E-state index in [0.29, 0.717) is 17.9 Å². The summed E-state index contributed by atoms with van der Waals surface area (Å²) in [5, 5.41) is 3.24. The molecule has 0 amide bonds. The summed E-state index contributed by atoms with van der Waals surface area (Å²) in [5.41, 5.74) is 11.7. The second-order valence-electron chi connectivity index (χ2n) is 4.82. The van der Waals surface area contributed by atoms with Crippen LogP contribution in [0.15, 0.2) is 4.99 Å². The van der Waals surface area contributed by atoms with E-state index in [0.717, 1.165) is 6.54 Å². The van der Waals surface area contributed by atoms with Gasteiger partial charge in [-0.15, -0.1) is 0 Å². The van der Waals surface area contributed by atoms with Crippen LogP contribution in [0.1, 0.15) is 13.8 Å². The summed E-state index contributed by atoms with van der Waals surface area (Å²) < 4.78 is 0. The molecule has 0 aliphatic carbocycles. The molecule has 0 radical (unpaired) electrons. The van der Waals surface area contributed by atoms with E-state index in [1.54, 1.807) is 0 Å². The van der Waals surface area contributed by atoms with Crippen molar-refractivity contribution in [3.8, 4) is 0 Å². The zero-order valence-corrected chi connectivity index (χ0v) is 8.99. The van der Waals surface area contributed by atoms with Crippen LogP contribution in [0, 0.1) is 5.92 Å². The van der Waals surface area contributed by atoms with Crippen molar-refractivity contribution in [1.29, 1.82) is 0 Å². The Morgan fingerprint density at radius 2 is 2.21 bits per heavy atom. The SMILES string of the molecule is CN1C[C@H]2[C@H](N)N=C(N)N[C@H]2C1(C)C. The fourth-order valence-electron chi connectivity index (χ4n) is 2.46. The quantitative estimate of drug-likeness (QED) is 0.460. The van der Waals surface area contributed by atoms with Crippen LogP contribution in [-0.2, 0) is 0 Å². The molecule has 1 fully saturated rings. The van der Waals surface area contributed by atoms with Gasteiger partial charge in [0, 0.05) is 18.0 Å². The third-order valence-electron chi connectivity index (χ3n) is 3.69. The smallest absolute Gasteiger partial charge is 0.190 e. The second kappa shape index (κ2) is 2.84. The fraction of sp³-hybridized carbons (Fsp3) is 0.889. The van der Waals surface area contributed by atoms with Crippen LogP contribution in [0.3, 0.4) is 0 Å². The minimum absolute atomic E-state index is 0.0862. The highest BCUT2D eigenvalue weighted by molar-refractivity contribution is 5.79. The Balaban J connectivity index is 2.29. The van der Waals surface area contributed by atoms with E-state index >= 15 is 0 Å². The molecule has 0 aromatic heterocycles. The maximum atomic E-state index is 5.96. The Morgan fingerprint density at radius 1 is 1.57 bits per heavy atom. The van der Waals surface area contributed by atoms with E-state index in [-0.39, 0.29) is 11.7 Å². The van der Waals surface area contributed by atoms with Gasteiger partial charge in [0.05, 0.1) is 6.04 Å². The molecule has 5 heteroatoms. The van der Waals surface area contributed by atoms with E-state index in [1.165, 1.54) is 0 Å². The molecular formula is C9H19N5. The Kier molecular flexibility index (Phi) is 1.97. The van der Waals surface area contributed by atoms with Gasteiger partial charge in [-0.25, -0.2) is 4.99 Å². The van der Waals surface area contributed by atoms with Gasteiger partial charge in [0.25, 0.3) is 0 Å². The molecule has 0 saturated carbocycles. The first-order chi connectivity index (χ1) is 6.43. The number of guanidine groups is 1. The Morgan fingerprint density at radius 3 is 2.86 bits per heavy atom. The summed E-state index contributed by atoms with van der Waals surface area (Å²) in [6.45, 7) is 5.38. The number of aliphatic imine (C=N–C) groups is 1. The molecule has 0 aromatic rings. The van der Waals surface area contributed by atoms with Gasteiger partial charge in [0.15, 0.2) is 5.96 Å². The summed E-state index contributed by atoms with van der Waals surface area (Å²) in [5.74, 6) is 0.837. The van der Waals surface area contributed by atoms with Crippen LogP contribution in [0.2, 0.25) is 0 Å². The summed E-state index contributed by atoms with van der Waals surface area (Å²) in [7, 11) is 2.11. The normalized spacial score (nSPS) is 41.4. The highest BCUT2D eigenvalue weighted by Gasteiger charge is 2.49. The van der Waals surface area contributed by atoms with Crippen molar-refractivity contribution >= 4 is 5.96 Å². The molecule has 2 aliphatic rings. The molecule has 0 unspecified atom stereocenters. The average molecular weight is 197 g/mol. The molecule has 14 heavy (non-hydrogen) atoms. The lowest BCUT2D eigenvalue weighted by atomic mass is 9.87. The Labute approximate surface area is 84.5 Å². The molecule has 0 spiro atoms. The summed E-state index contributed by atoms with van der Waals surface area (Å²) in [6, 6.07) is 0.306. The molecule has 0 aromatic carbocycles. The third-order valence-corrected chi connectivity index (χ3v) is 3.69. The predicted molar refractivity (Wildman–Crippen MR) is 56.7 cm³/mol.